The third kappa shape index (κ3) is 3.23. The maximum atomic E-state index is 12.1. The number of rotatable bonds is 4. The van der Waals surface area contributed by atoms with E-state index in [9.17, 15) is 13.6 Å². The third-order valence-corrected chi connectivity index (χ3v) is 2.96. The van der Waals surface area contributed by atoms with Crippen molar-refractivity contribution in [2.75, 3.05) is 0 Å². The number of aromatic nitrogens is 2. The molecule has 0 saturated heterocycles. The first kappa shape index (κ1) is 13.8. The van der Waals surface area contributed by atoms with Crippen LogP contribution in [0.1, 0.15) is 11.5 Å². The summed E-state index contributed by atoms with van der Waals surface area (Å²) >= 11 is 3.33. The van der Waals surface area contributed by atoms with E-state index in [1.807, 2.05) is 19.1 Å². The van der Waals surface area contributed by atoms with Crippen LogP contribution in [-0.2, 0) is 11.2 Å². The monoisotopic (exact) mass is 330 g/mol. The Balaban J connectivity index is 2.23. The van der Waals surface area contributed by atoms with Crippen LogP contribution in [0.3, 0.4) is 0 Å². The number of carbonyl (C=O) groups is 1. The van der Waals surface area contributed by atoms with Crippen LogP contribution in [0.25, 0.3) is 11.4 Å². The number of Topliss-reactive ketones (excluding diaryl/α,β-unsaturated/α-hetero) is 1. The molecule has 0 N–H and O–H groups in total. The minimum Gasteiger partial charge on any atom is -0.338 e. The molecule has 0 aliphatic heterocycles. The molecule has 0 unspecified atom stereocenters. The fourth-order valence-electron chi connectivity index (χ4n) is 1.54. The van der Waals surface area contributed by atoms with Gasteiger partial charge in [-0.25, -0.2) is 8.78 Å². The van der Waals surface area contributed by atoms with E-state index in [0.717, 1.165) is 15.6 Å². The summed E-state index contributed by atoms with van der Waals surface area (Å²) in [6, 6.07) is 5.46. The Morgan fingerprint density at radius 1 is 1.47 bits per heavy atom. The molecule has 1 aromatic carbocycles. The lowest BCUT2D eigenvalue weighted by molar-refractivity contribution is -0.129. The number of benzene rings is 1. The number of nitrogens with zero attached hydrogens (tertiary/aromatic N) is 2. The summed E-state index contributed by atoms with van der Waals surface area (Å²) in [4.78, 5) is 14.8. The number of hydrogen-bond donors (Lipinski definition) is 0. The van der Waals surface area contributed by atoms with E-state index >= 15 is 0 Å². The van der Waals surface area contributed by atoms with Gasteiger partial charge in [0, 0.05) is 10.0 Å². The second kappa shape index (κ2) is 5.56. The zero-order chi connectivity index (χ0) is 14.0. The van der Waals surface area contributed by atoms with Crippen LogP contribution in [0.15, 0.2) is 27.2 Å². The van der Waals surface area contributed by atoms with Crippen LogP contribution in [0, 0.1) is 6.92 Å². The summed E-state index contributed by atoms with van der Waals surface area (Å²) < 4.78 is 29.9. The second-order valence-electron chi connectivity index (χ2n) is 3.91. The SMILES string of the molecule is Cc1cc(Br)ccc1-c1noc(CC(=O)C(F)F)n1. The molecule has 0 amide bonds. The van der Waals surface area contributed by atoms with Gasteiger partial charge in [-0.1, -0.05) is 21.1 Å². The number of hydrogen-bond acceptors (Lipinski definition) is 4. The van der Waals surface area contributed by atoms with Crippen LogP contribution in [-0.4, -0.2) is 22.3 Å². The summed E-state index contributed by atoms with van der Waals surface area (Å²) in [7, 11) is 0. The summed E-state index contributed by atoms with van der Waals surface area (Å²) in [5.41, 5.74) is 1.63. The molecule has 0 atom stereocenters. The Labute approximate surface area is 115 Å². The van der Waals surface area contributed by atoms with Gasteiger partial charge in [0.15, 0.2) is 0 Å². The molecule has 1 aromatic heterocycles. The second-order valence-corrected chi connectivity index (χ2v) is 4.83. The summed E-state index contributed by atoms with van der Waals surface area (Å²) in [6.45, 7) is 1.86. The predicted molar refractivity (Wildman–Crippen MR) is 66.9 cm³/mol. The van der Waals surface area contributed by atoms with Crippen molar-refractivity contribution >= 4 is 21.7 Å². The van der Waals surface area contributed by atoms with Gasteiger partial charge in [-0.05, 0) is 30.7 Å². The zero-order valence-corrected chi connectivity index (χ0v) is 11.4. The number of ketones is 1. The van der Waals surface area contributed by atoms with E-state index < -0.39 is 18.6 Å². The summed E-state index contributed by atoms with van der Waals surface area (Å²) in [6.07, 6.45) is -3.58. The molecule has 2 aromatic rings. The fraction of sp³-hybridized carbons (Fsp3) is 0.250. The van der Waals surface area contributed by atoms with Crippen LogP contribution in [0.2, 0.25) is 0 Å². The summed E-state index contributed by atoms with van der Waals surface area (Å²) in [5, 5.41) is 3.69. The molecule has 0 spiro atoms. The van der Waals surface area contributed by atoms with Gasteiger partial charge in [-0.3, -0.25) is 4.79 Å². The van der Waals surface area contributed by atoms with E-state index in [0.29, 0.717) is 0 Å². The first-order chi connectivity index (χ1) is 8.97. The van der Waals surface area contributed by atoms with Crippen molar-refractivity contribution in [2.45, 2.75) is 19.8 Å². The van der Waals surface area contributed by atoms with Gasteiger partial charge in [0.05, 0.1) is 6.42 Å². The zero-order valence-electron chi connectivity index (χ0n) is 9.86. The topological polar surface area (TPSA) is 56.0 Å². The van der Waals surface area contributed by atoms with Crippen molar-refractivity contribution in [3.63, 3.8) is 0 Å². The molecular weight excluding hydrogens is 322 g/mol. The summed E-state index contributed by atoms with van der Waals surface area (Å²) in [5.74, 6) is -1.06. The van der Waals surface area contributed by atoms with Crippen LogP contribution < -0.4 is 0 Å². The van der Waals surface area contributed by atoms with Crippen molar-refractivity contribution in [3.05, 3.63) is 34.1 Å². The van der Waals surface area contributed by atoms with Crippen LogP contribution >= 0.6 is 15.9 Å². The maximum absolute atomic E-state index is 12.1. The van der Waals surface area contributed by atoms with E-state index in [1.54, 1.807) is 6.07 Å². The molecule has 0 bridgehead atoms. The first-order valence-corrected chi connectivity index (χ1v) is 6.16. The molecule has 0 aliphatic rings. The number of halogens is 3. The minimum atomic E-state index is -3.02. The van der Waals surface area contributed by atoms with Crippen molar-refractivity contribution in [1.29, 1.82) is 0 Å². The van der Waals surface area contributed by atoms with E-state index in [1.165, 1.54) is 0 Å². The van der Waals surface area contributed by atoms with Gasteiger partial charge < -0.3 is 4.52 Å². The van der Waals surface area contributed by atoms with Gasteiger partial charge in [-0.2, -0.15) is 4.98 Å². The molecule has 1 heterocycles. The van der Waals surface area contributed by atoms with Crippen molar-refractivity contribution in [1.82, 2.24) is 10.1 Å². The molecule has 100 valence electrons. The average molecular weight is 331 g/mol. The number of carbonyl (C=O) groups excluding carboxylic acids is 1. The lowest BCUT2D eigenvalue weighted by atomic mass is 10.1. The van der Waals surface area contributed by atoms with Gasteiger partial charge >= 0.3 is 0 Å². The quantitative estimate of drug-likeness (QED) is 0.863. The largest absolute Gasteiger partial charge is 0.338 e. The molecule has 7 heteroatoms. The molecule has 0 radical (unpaired) electrons. The lowest BCUT2D eigenvalue weighted by Gasteiger charge is -2.00. The van der Waals surface area contributed by atoms with Crippen molar-refractivity contribution in [2.24, 2.45) is 0 Å². The molecule has 0 fully saturated rings. The highest BCUT2D eigenvalue weighted by atomic mass is 79.9. The van der Waals surface area contributed by atoms with E-state index in [2.05, 4.69) is 26.1 Å². The molecule has 2 rings (SSSR count). The lowest BCUT2D eigenvalue weighted by Crippen LogP contribution is -2.12. The van der Waals surface area contributed by atoms with Gasteiger partial charge in [0.25, 0.3) is 6.43 Å². The van der Waals surface area contributed by atoms with E-state index in [4.69, 9.17) is 4.52 Å². The molecule has 0 saturated carbocycles. The highest BCUT2D eigenvalue weighted by molar-refractivity contribution is 9.10. The van der Waals surface area contributed by atoms with Gasteiger partial charge in [0.2, 0.25) is 17.5 Å². The molecule has 4 nitrogen and oxygen atoms in total. The average Bonchev–Trinajstić information content (AvgIpc) is 2.77. The number of aryl methyl sites for hydroxylation is 1. The van der Waals surface area contributed by atoms with Crippen LogP contribution in [0.5, 0.6) is 0 Å². The molecule has 19 heavy (non-hydrogen) atoms. The van der Waals surface area contributed by atoms with Crippen LogP contribution in [0.4, 0.5) is 8.78 Å². The fourth-order valence-corrected chi connectivity index (χ4v) is 2.02. The van der Waals surface area contributed by atoms with Crippen molar-refractivity contribution < 1.29 is 18.1 Å². The van der Waals surface area contributed by atoms with E-state index in [-0.39, 0.29) is 11.7 Å². The minimum absolute atomic E-state index is 0.109. The first-order valence-electron chi connectivity index (χ1n) is 5.37. The normalized spacial score (nSPS) is 11.0. The third-order valence-electron chi connectivity index (χ3n) is 2.47. The van der Waals surface area contributed by atoms with Gasteiger partial charge in [0.1, 0.15) is 0 Å². The van der Waals surface area contributed by atoms with Crippen molar-refractivity contribution in [3.8, 4) is 11.4 Å². The number of alkyl halides is 2. The highest BCUT2D eigenvalue weighted by Gasteiger charge is 2.20. The van der Waals surface area contributed by atoms with Gasteiger partial charge in [-0.15, -0.1) is 0 Å². The highest BCUT2D eigenvalue weighted by Crippen LogP contribution is 2.24. The maximum Gasteiger partial charge on any atom is 0.296 e. The molecule has 0 aliphatic carbocycles. The smallest absolute Gasteiger partial charge is 0.296 e. The Hall–Kier alpha value is -1.63. The Morgan fingerprint density at radius 2 is 2.21 bits per heavy atom. The Bertz CT molecular complexity index is 614. The Morgan fingerprint density at radius 3 is 2.84 bits per heavy atom. The predicted octanol–water partition coefficient (Wildman–Crippen LogP) is 3.18. The Kier molecular flexibility index (Phi) is 4.04. The standard InChI is InChI=1S/C12H9BrF2N2O2/c1-6-4-7(13)2-3-8(6)12-16-10(19-17-12)5-9(18)11(14)15/h2-4,11H,5H2,1H3. The molecular formula is C12H9BrF2N2O2.